The van der Waals surface area contributed by atoms with Crippen LogP contribution in [0.15, 0.2) is 24.4 Å². The van der Waals surface area contributed by atoms with E-state index in [0.717, 1.165) is 10.9 Å². The summed E-state index contributed by atoms with van der Waals surface area (Å²) < 4.78 is 50.8. The number of hydrogen-bond donors (Lipinski definition) is 1. The number of halogens is 3. The van der Waals surface area contributed by atoms with Crippen molar-refractivity contribution in [3.05, 3.63) is 35.7 Å². The van der Waals surface area contributed by atoms with E-state index in [9.17, 15) is 18.0 Å². The summed E-state index contributed by atoms with van der Waals surface area (Å²) in [6.45, 7) is 3.44. The van der Waals surface area contributed by atoms with E-state index < -0.39 is 29.1 Å². The number of hydrogen-bond acceptors (Lipinski definition) is 4. The van der Waals surface area contributed by atoms with Crippen molar-refractivity contribution in [3.63, 3.8) is 0 Å². The molecule has 0 aliphatic carbocycles. The molecule has 6 nitrogen and oxygen atoms in total. The molecular formula is C15H14F3N3O3. The Kier molecular flexibility index (Phi) is 3.47. The van der Waals surface area contributed by atoms with Crippen molar-refractivity contribution in [1.82, 2.24) is 9.78 Å². The zero-order valence-electron chi connectivity index (χ0n) is 13.1. The molecule has 2 aromatic rings. The summed E-state index contributed by atoms with van der Waals surface area (Å²) in [5.74, 6) is -0.846. The van der Waals surface area contributed by atoms with E-state index in [1.54, 1.807) is 19.9 Å². The topological polar surface area (TPSA) is 65.4 Å². The average molecular weight is 341 g/mol. The summed E-state index contributed by atoms with van der Waals surface area (Å²) in [6.07, 6.45) is -3.69. The van der Waals surface area contributed by atoms with Gasteiger partial charge in [-0.05, 0) is 12.1 Å². The number of fused-ring (bicyclic) bond motifs is 1. The van der Waals surface area contributed by atoms with Crippen LogP contribution < -0.4 is 14.8 Å². The number of carbonyl (C=O) groups is 1. The summed E-state index contributed by atoms with van der Waals surface area (Å²) in [5.41, 5.74) is -1.50. The molecule has 1 aliphatic rings. The first-order valence-corrected chi connectivity index (χ1v) is 6.99. The molecule has 0 unspecified atom stereocenters. The van der Waals surface area contributed by atoms with Crippen molar-refractivity contribution in [3.8, 4) is 11.5 Å². The number of benzene rings is 1. The first-order chi connectivity index (χ1) is 11.0. The molecule has 1 aromatic carbocycles. The molecule has 0 bridgehead atoms. The molecule has 0 saturated heterocycles. The maximum Gasteiger partial charge on any atom is 0.435 e. The molecule has 0 fully saturated rings. The first-order valence-electron chi connectivity index (χ1n) is 6.99. The third-order valence-corrected chi connectivity index (χ3v) is 3.26. The Balaban J connectivity index is 1.85. The molecule has 128 valence electrons. The number of rotatable bonds is 2. The predicted molar refractivity (Wildman–Crippen MR) is 77.9 cm³/mol. The zero-order chi connectivity index (χ0) is 17.7. The van der Waals surface area contributed by atoms with Crippen LogP contribution in [0, 0.1) is 0 Å². The Bertz CT molecular complexity index is 812. The number of amides is 1. The SMILES string of the molecule is Cn1cc(C(=O)Nc2ccc3c(c2)OC(C)(C)O3)c(C(F)(F)F)n1. The molecule has 1 aromatic heterocycles. The second kappa shape index (κ2) is 5.15. The van der Waals surface area contributed by atoms with Crippen LogP contribution in [0.1, 0.15) is 29.9 Å². The van der Waals surface area contributed by atoms with E-state index in [1.165, 1.54) is 19.2 Å². The molecule has 0 atom stereocenters. The number of anilines is 1. The van der Waals surface area contributed by atoms with Gasteiger partial charge >= 0.3 is 6.18 Å². The maximum atomic E-state index is 12.9. The molecular weight excluding hydrogens is 327 g/mol. The number of ether oxygens (including phenoxy) is 2. The molecule has 0 saturated carbocycles. The molecule has 1 aliphatic heterocycles. The summed E-state index contributed by atoms with van der Waals surface area (Å²) in [7, 11) is 1.31. The van der Waals surface area contributed by atoms with Gasteiger partial charge in [0, 0.05) is 38.8 Å². The van der Waals surface area contributed by atoms with Gasteiger partial charge in [-0.15, -0.1) is 0 Å². The van der Waals surface area contributed by atoms with E-state index in [0.29, 0.717) is 11.5 Å². The first kappa shape index (κ1) is 16.2. The van der Waals surface area contributed by atoms with Crippen molar-refractivity contribution >= 4 is 11.6 Å². The molecule has 2 heterocycles. The van der Waals surface area contributed by atoms with Crippen LogP contribution in [0.25, 0.3) is 0 Å². The summed E-state index contributed by atoms with van der Waals surface area (Å²) >= 11 is 0. The second-order valence-electron chi connectivity index (χ2n) is 5.78. The van der Waals surface area contributed by atoms with Gasteiger partial charge in [0.15, 0.2) is 17.2 Å². The Morgan fingerprint density at radius 1 is 1.25 bits per heavy atom. The predicted octanol–water partition coefficient (Wildman–Crippen LogP) is 3.20. The van der Waals surface area contributed by atoms with Crippen molar-refractivity contribution in [2.24, 2.45) is 7.05 Å². The highest BCUT2D eigenvalue weighted by Crippen LogP contribution is 2.40. The second-order valence-corrected chi connectivity index (χ2v) is 5.78. The lowest BCUT2D eigenvalue weighted by molar-refractivity contribution is -0.141. The van der Waals surface area contributed by atoms with Gasteiger partial charge in [0.2, 0.25) is 5.79 Å². The highest BCUT2D eigenvalue weighted by atomic mass is 19.4. The smallest absolute Gasteiger partial charge is 0.435 e. The number of alkyl halides is 3. The molecule has 24 heavy (non-hydrogen) atoms. The molecule has 9 heteroatoms. The fourth-order valence-corrected chi connectivity index (χ4v) is 2.36. The minimum atomic E-state index is -4.72. The number of nitrogens with zero attached hydrogens (tertiary/aromatic N) is 2. The van der Waals surface area contributed by atoms with Gasteiger partial charge in [0.1, 0.15) is 0 Å². The Morgan fingerprint density at radius 3 is 2.58 bits per heavy atom. The monoisotopic (exact) mass is 341 g/mol. The lowest BCUT2D eigenvalue weighted by Crippen LogP contribution is -2.29. The van der Waals surface area contributed by atoms with Crippen molar-refractivity contribution in [1.29, 1.82) is 0 Å². The van der Waals surface area contributed by atoms with Crippen LogP contribution in [0.2, 0.25) is 0 Å². The van der Waals surface area contributed by atoms with Gasteiger partial charge in [0.25, 0.3) is 5.91 Å². The van der Waals surface area contributed by atoms with E-state index >= 15 is 0 Å². The minimum absolute atomic E-state index is 0.289. The van der Waals surface area contributed by atoms with Crippen molar-refractivity contribution < 1.29 is 27.4 Å². The van der Waals surface area contributed by atoms with Crippen LogP contribution in [-0.2, 0) is 13.2 Å². The third-order valence-electron chi connectivity index (χ3n) is 3.26. The normalized spacial score (nSPS) is 15.4. The van der Waals surface area contributed by atoms with Crippen LogP contribution in [0.3, 0.4) is 0 Å². The molecule has 3 rings (SSSR count). The number of nitrogens with one attached hydrogen (secondary N) is 1. The number of carbonyl (C=O) groups excluding carboxylic acids is 1. The molecule has 1 amide bonds. The van der Waals surface area contributed by atoms with Crippen molar-refractivity contribution in [2.45, 2.75) is 25.8 Å². The Hall–Kier alpha value is -2.71. The van der Waals surface area contributed by atoms with Gasteiger partial charge in [-0.2, -0.15) is 18.3 Å². The Morgan fingerprint density at radius 2 is 1.92 bits per heavy atom. The third kappa shape index (κ3) is 3.01. The number of aromatic nitrogens is 2. The van der Waals surface area contributed by atoms with Crippen LogP contribution >= 0.6 is 0 Å². The van der Waals surface area contributed by atoms with Crippen molar-refractivity contribution in [2.75, 3.05) is 5.32 Å². The van der Waals surface area contributed by atoms with Gasteiger partial charge in [-0.25, -0.2) is 0 Å². The lowest BCUT2D eigenvalue weighted by Gasteiger charge is -2.16. The van der Waals surface area contributed by atoms with Gasteiger partial charge in [-0.3, -0.25) is 9.48 Å². The molecule has 0 spiro atoms. The van der Waals surface area contributed by atoms with E-state index in [4.69, 9.17) is 9.47 Å². The van der Waals surface area contributed by atoms with Crippen LogP contribution in [0.5, 0.6) is 11.5 Å². The quantitative estimate of drug-likeness (QED) is 0.911. The van der Waals surface area contributed by atoms with Gasteiger partial charge < -0.3 is 14.8 Å². The highest BCUT2D eigenvalue weighted by molar-refractivity contribution is 6.05. The zero-order valence-corrected chi connectivity index (χ0v) is 13.1. The summed E-state index contributed by atoms with van der Waals surface area (Å²) in [6, 6.07) is 4.59. The largest absolute Gasteiger partial charge is 0.449 e. The maximum absolute atomic E-state index is 12.9. The van der Waals surface area contributed by atoms with Crippen LogP contribution in [0.4, 0.5) is 18.9 Å². The molecule has 0 radical (unpaired) electrons. The minimum Gasteiger partial charge on any atom is -0.449 e. The fourth-order valence-electron chi connectivity index (χ4n) is 2.36. The fraction of sp³-hybridized carbons (Fsp3) is 0.333. The van der Waals surface area contributed by atoms with Gasteiger partial charge in [-0.1, -0.05) is 0 Å². The summed E-state index contributed by atoms with van der Waals surface area (Å²) in [5, 5.41) is 5.72. The average Bonchev–Trinajstić information content (AvgIpc) is 2.96. The molecule has 1 N–H and O–H groups in total. The lowest BCUT2D eigenvalue weighted by atomic mass is 10.2. The Labute approximate surface area is 135 Å². The van der Waals surface area contributed by atoms with E-state index in [-0.39, 0.29) is 5.69 Å². The van der Waals surface area contributed by atoms with E-state index in [2.05, 4.69) is 10.4 Å². The van der Waals surface area contributed by atoms with Gasteiger partial charge in [0.05, 0.1) is 5.56 Å². The van der Waals surface area contributed by atoms with Crippen LogP contribution in [-0.4, -0.2) is 21.5 Å². The number of aryl methyl sites for hydroxylation is 1. The summed E-state index contributed by atoms with van der Waals surface area (Å²) in [4.78, 5) is 12.2. The standard InChI is InChI=1S/C15H14F3N3O3/c1-14(2)23-10-5-4-8(6-11(10)24-14)19-13(22)9-7-21(3)20-12(9)15(16,17)18/h4-7H,1-3H3,(H,19,22). The van der Waals surface area contributed by atoms with E-state index in [1.807, 2.05) is 0 Å². The highest BCUT2D eigenvalue weighted by Gasteiger charge is 2.39.